The van der Waals surface area contributed by atoms with Crippen LogP contribution in [0.25, 0.3) is 0 Å². The number of carbonyl (C=O) groups excluding carboxylic acids is 1. The zero-order chi connectivity index (χ0) is 22.1. The molecule has 160 valence electrons. The maximum atomic E-state index is 14.1. The van der Waals surface area contributed by atoms with E-state index in [1.807, 2.05) is 13.0 Å². The van der Waals surface area contributed by atoms with Gasteiger partial charge in [0, 0.05) is 16.8 Å². The van der Waals surface area contributed by atoms with Crippen molar-refractivity contribution in [2.24, 2.45) is 0 Å². The average molecular weight is 443 g/mol. The maximum absolute atomic E-state index is 14.1. The number of methoxy groups -OCH3 is 1. The molecule has 2 heterocycles. The van der Waals surface area contributed by atoms with Crippen LogP contribution in [0.2, 0.25) is 5.02 Å². The molecule has 1 unspecified atom stereocenters. The van der Waals surface area contributed by atoms with E-state index in [0.717, 1.165) is 5.56 Å². The minimum Gasteiger partial charge on any atom is -0.493 e. The Labute approximate surface area is 183 Å². The molecule has 1 atom stereocenters. The zero-order valence-electron chi connectivity index (χ0n) is 17.1. The van der Waals surface area contributed by atoms with Crippen molar-refractivity contribution < 1.29 is 18.7 Å². The molecule has 9 heteroatoms. The molecule has 4 rings (SSSR count). The van der Waals surface area contributed by atoms with Crippen LogP contribution in [0.15, 0.2) is 54.0 Å². The quantitative estimate of drug-likeness (QED) is 0.604. The van der Waals surface area contributed by atoms with Crippen molar-refractivity contribution in [3.63, 3.8) is 0 Å². The Morgan fingerprint density at radius 2 is 2.10 bits per heavy atom. The van der Waals surface area contributed by atoms with Gasteiger partial charge in [0.25, 0.3) is 0 Å². The Kier molecular flexibility index (Phi) is 5.65. The Morgan fingerprint density at radius 1 is 1.29 bits per heavy atom. The number of aromatic nitrogens is 3. The fraction of sp³-hybridized carbons (Fsp3) is 0.227. The molecule has 3 aromatic rings. The smallest absolute Gasteiger partial charge is 0.226 e. The highest BCUT2D eigenvalue weighted by atomic mass is 35.5. The summed E-state index contributed by atoms with van der Waals surface area (Å²) in [5.74, 6) is 0.878. The van der Waals surface area contributed by atoms with E-state index in [0.29, 0.717) is 28.7 Å². The first kappa shape index (κ1) is 20.9. The summed E-state index contributed by atoms with van der Waals surface area (Å²) in [4.78, 5) is 16.6. The third-order valence-electron chi connectivity index (χ3n) is 5.11. The molecule has 1 aliphatic rings. The lowest BCUT2D eigenvalue weighted by Crippen LogP contribution is -2.27. The van der Waals surface area contributed by atoms with E-state index >= 15 is 0 Å². The van der Waals surface area contributed by atoms with Crippen molar-refractivity contribution in [2.75, 3.05) is 12.4 Å². The molecule has 1 N–H and O–H groups in total. The third-order valence-corrected chi connectivity index (χ3v) is 5.46. The minimum absolute atomic E-state index is 0.0561. The Hall–Kier alpha value is -3.39. The van der Waals surface area contributed by atoms with Gasteiger partial charge in [-0.3, -0.25) is 4.79 Å². The number of anilines is 1. The molecule has 0 saturated carbocycles. The van der Waals surface area contributed by atoms with E-state index < -0.39 is 11.9 Å². The Morgan fingerprint density at radius 3 is 2.81 bits per heavy atom. The van der Waals surface area contributed by atoms with E-state index in [1.54, 1.807) is 22.9 Å². The number of Topliss-reactive ketones (excluding diaryl/α,β-unsaturated/α-hetero) is 1. The van der Waals surface area contributed by atoms with Gasteiger partial charge in [0.05, 0.1) is 12.1 Å². The van der Waals surface area contributed by atoms with Crippen molar-refractivity contribution >= 4 is 23.3 Å². The second kappa shape index (κ2) is 8.39. The Balaban J connectivity index is 1.69. The molecular weight excluding hydrogens is 423 g/mol. The summed E-state index contributed by atoms with van der Waals surface area (Å²) in [6.45, 7) is 3.29. The number of hydrogen-bond acceptors (Lipinski definition) is 6. The van der Waals surface area contributed by atoms with Gasteiger partial charge in [-0.15, -0.1) is 0 Å². The number of fused-ring (bicyclic) bond motifs is 1. The molecule has 0 bridgehead atoms. The minimum atomic E-state index is -0.472. The fourth-order valence-corrected chi connectivity index (χ4v) is 3.87. The number of hydrogen-bond donors (Lipinski definition) is 1. The molecule has 0 saturated heterocycles. The van der Waals surface area contributed by atoms with Crippen molar-refractivity contribution in [3.05, 3.63) is 76.0 Å². The standard InChI is InChI=1S/C22H20ClFN4O3/c1-12-20(13(2)29)21(28-22(27-12)25-11-26-28)14-7-8-18(19(9-14)30-3)31-10-15-16(23)5-4-6-17(15)24/h4-9,11,21H,10H2,1-3H3,(H,25,26,27). The van der Waals surface area contributed by atoms with Crippen LogP contribution >= 0.6 is 11.6 Å². The second-order valence-electron chi connectivity index (χ2n) is 7.05. The van der Waals surface area contributed by atoms with E-state index in [9.17, 15) is 9.18 Å². The highest BCUT2D eigenvalue weighted by Gasteiger charge is 2.32. The summed E-state index contributed by atoms with van der Waals surface area (Å²) in [6.07, 6.45) is 1.43. The lowest BCUT2D eigenvalue weighted by atomic mass is 9.93. The number of allylic oxidation sites excluding steroid dienone is 2. The van der Waals surface area contributed by atoms with Crippen molar-refractivity contribution in [2.45, 2.75) is 26.5 Å². The molecular formula is C22H20ClFN4O3. The van der Waals surface area contributed by atoms with Crippen molar-refractivity contribution in [1.82, 2.24) is 14.8 Å². The number of ketones is 1. The van der Waals surface area contributed by atoms with E-state index in [2.05, 4.69) is 15.4 Å². The summed E-state index contributed by atoms with van der Waals surface area (Å²) < 4.78 is 27.0. The van der Waals surface area contributed by atoms with Gasteiger partial charge in [0.15, 0.2) is 17.3 Å². The molecule has 0 amide bonds. The van der Waals surface area contributed by atoms with Crippen LogP contribution in [0.5, 0.6) is 11.5 Å². The number of nitrogens with one attached hydrogen (secondary N) is 1. The highest BCUT2D eigenvalue weighted by Crippen LogP contribution is 2.39. The number of halogens is 2. The number of rotatable bonds is 6. The predicted octanol–water partition coefficient (Wildman–Crippen LogP) is 4.54. The molecule has 2 aromatic carbocycles. The van der Waals surface area contributed by atoms with Gasteiger partial charge in [0.1, 0.15) is 24.8 Å². The molecule has 31 heavy (non-hydrogen) atoms. The molecule has 7 nitrogen and oxygen atoms in total. The summed E-state index contributed by atoms with van der Waals surface area (Å²) in [5, 5.41) is 7.68. The van der Waals surface area contributed by atoms with Gasteiger partial charge < -0.3 is 14.8 Å². The molecule has 1 aromatic heterocycles. The van der Waals surface area contributed by atoms with Crippen LogP contribution in [0, 0.1) is 5.82 Å². The lowest BCUT2D eigenvalue weighted by molar-refractivity contribution is -0.114. The van der Waals surface area contributed by atoms with Crippen LogP contribution in [0.1, 0.15) is 31.0 Å². The first-order valence-corrected chi connectivity index (χ1v) is 9.90. The monoisotopic (exact) mass is 442 g/mol. The van der Waals surface area contributed by atoms with Crippen LogP contribution < -0.4 is 14.8 Å². The van der Waals surface area contributed by atoms with E-state index in [4.69, 9.17) is 21.1 Å². The van der Waals surface area contributed by atoms with Crippen LogP contribution in [0.4, 0.5) is 10.3 Å². The fourth-order valence-electron chi connectivity index (χ4n) is 3.65. The number of carbonyl (C=O) groups is 1. The van der Waals surface area contributed by atoms with Gasteiger partial charge in [-0.05, 0) is 43.7 Å². The van der Waals surface area contributed by atoms with E-state index in [1.165, 1.54) is 32.5 Å². The Bertz CT molecular complexity index is 1170. The van der Waals surface area contributed by atoms with E-state index in [-0.39, 0.29) is 23.0 Å². The predicted molar refractivity (Wildman–Crippen MR) is 114 cm³/mol. The van der Waals surface area contributed by atoms with Crippen LogP contribution in [-0.2, 0) is 11.4 Å². The van der Waals surface area contributed by atoms with Crippen LogP contribution in [0.3, 0.4) is 0 Å². The average Bonchev–Trinajstić information content (AvgIpc) is 3.20. The summed E-state index contributed by atoms with van der Waals surface area (Å²) in [6, 6.07) is 9.31. The molecule has 0 fully saturated rings. The molecule has 0 spiro atoms. The molecule has 0 aliphatic carbocycles. The number of benzene rings is 2. The number of nitrogens with zero attached hydrogens (tertiary/aromatic N) is 3. The first-order valence-electron chi connectivity index (χ1n) is 9.52. The summed E-state index contributed by atoms with van der Waals surface area (Å²) >= 11 is 6.08. The first-order chi connectivity index (χ1) is 14.9. The second-order valence-corrected chi connectivity index (χ2v) is 7.46. The summed E-state index contributed by atoms with van der Waals surface area (Å²) in [5.41, 5.74) is 2.32. The number of ether oxygens (including phenoxy) is 2. The van der Waals surface area contributed by atoms with Gasteiger partial charge in [-0.25, -0.2) is 9.07 Å². The topological polar surface area (TPSA) is 78.3 Å². The van der Waals surface area contributed by atoms with Gasteiger partial charge >= 0.3 is 0 Å². The third kappa shape index (κ3) is 3.86. The SMILES string of the molecule is COc1cc(C2C(C(C)=O)=C(C)Nc3ncnn32)ccc1OCc1c(F)cccc1Cl. The van der Waals surface area contributed by atoms with Crippen LogP contribution in [-0.4, -0.2) is 27.7 Å². The van der Waals surface area contributed by atoms with Gasteiger partial charge in [0.2, 0.25) is 5.95 Å². The largest absolute Gasteiger partial charge is 0.493 e. The highest BCUT2D eigenvalue weighted by molar-refractivity contribution is 6.31. The lowest BCUT2D eigenvalue weighted by Gasteiger charge is -2.28. The van der Waals surface area contributed by atoms with Crippen molar-refractivity contribution in [3.8, 4) is 11.5 Å². The normalized spacial score (nSPS) is 15.3. The van der Waals surface area contributed by atoms with Crippen molar-refractivity contribution in [1.29, 1.82) is 0 Å². The summed E-state index contributed by atoms with van der Waals surface area (Å²) in [7, 11) is 1.51. The van der Waals surface area contributed by atoms with Gasteiger partial charge in [-0.2, -0.15) is 10.1 Å². The molecule has 1 aliphatic heterocycles. The maximum Gasteiger partial charge on any atom is 0.226 e. The zero-order valence-corrected chi connectivity index (χ0v) is 17.9. The van der Waals surface area contributed by atoms with Gasteiger partial charge in [-0.1, -0.05) is 23.7 Å². The molecule has 0 radical (unpaired) electrons.